The third kappa shape index (κ3) is 5.06. The summed E-state index contributed by atoms with van der Waals surface area (Å²) in [5.74, 6) is 0.199. The van der Waals surface area contributed by atoms with Crippen LogP contribution in [0.5, 0.6) is 0 Å². The van der Waals surface area contributed by atoms with Crippen LogP contribution in [0.1, 0.15) is 49.9 Å². The minimum absolute atomic E-state index is 0.0514. The first-order chi connectivity index (χ1) is 11.0. The molecule has 0 saturated heterocycles. The molecule has 0 bridgehead atoms. The molecule has 0 aromatic heterocycles. The van der Waals surface area contributed by atoms with Gasteiger partial charge in [-0.3, -0.25) is 9.59 Å². The van der Waals surface area contributed by atoms with Crippen LogP contribution in [0.4, 0.5) is 5.69 Å². The highest BCUT2D eigenvalue weighted by Gasteiger charge is 2.29. The standard InChI is InChI=1S/C18H26N2O3/c1-3-12(4-2)16(21)11-19-17(22)13-7-9-15(10-8-13)20-18(23)14-5-6-14/h7-10,12,14,16,21H,3-6,11H2,1-2H3,(H,19,22)(H,20,23). The van der Waals surface area contributed by atoms with Gasteiger partial charge in [0.25, 0.3) is 5.91 Å². The molecular formula is C18H26N2O3. The van der Waals surface area contributed by atoms with Crippen molar-refractivity contribution in [2.24, 2.45) is 11.8 Å². The molecule has 0 radical (unpaired) electrons. The van der Waals surface area contributed by atoms with Gasteiger partial charge in [0.05, 0.1) is 6.10 Å². The molecule has 126 valence electrons. The molecule has 0 heterocycles. The van der Waals surface area contributed by atoms with E-state index in [0.29, 0.717) is 11.3 Å². The number of benzene rings is 1. The average Bonchev–Trinajstić information content (AvgIpc) is 3.39. The summed E-state index contributed by atoms with van der Waals surface area (Å²) >= 11 is 0. The lowest BCUT2D eigenvalue weighted by Crippen LogP contribution is -2.36. The van der Waals surface area contributed by atoms with Gasteiger partial charge in [0.2, 0.25) is 5.91 Å². The summed E-state index contributed by atoms with van der Waals surface area (Å²) in [5, 5.41) is 15.6. The van der Waals surface area contributed by atoms with Gasteiger partial charge in [0.15, 0.2) is 0 Å². The minimum Gasteiger partial charge on any atom is -0.391 e. The maximum absolute atomic E-state index is 12.1. The topological polar surface area (TPSA) is 78.4 Å². The highest BCUT2D eigenvalue weighted by molar-refractivity contribution is 5.96. The molecule has 0 aliphatic heterocycles. The van der Waals surface area contributed by atoms with Gasteiger partial charge in [0.1, 0.15) is 0 Å². The first-order valence-electron chi connectivity index (χ1n) is 8.42. The van der Waals surface area contributed by atoms with Gasteiger partial charge in [-0.05, 0) is 43.0 Å². The average molecular weight is 318 g/mol. The molecule has 1 aromatic carbocycles. The molecule has 3 N–H and O–H groups in total. The molecule has 0 spiro atoms. The van der Waals surface area contributed by atoms with Gasteiger partial charge < -0.3 is 15.7 Å². The van der Waals surface area contributed by atoms with Crippen LogP contribution in [0.25, 0.3) is 0 Å². The van der Waals surface area contributed by atoms with Crippen molar-refractivity contribution in [2.75, 3.05) is 11.9 Å². The second-order valence-corrected chi connectivity index (χ2v) is 6.19. The summed E-state index contributed by atoms with van der Waals surface area (Å²) < 4.78 is 0. The number of anilines is 1. The molecule has 1 atom stereocenters. The number of carbonyl (C=O) groups excluding carboxylic acids is 2. The van der Waals surface area contributed by atoms with Crippen molar-refractivity contribution in [3.63, 3.8) is 0 Å². The summed E-state index contributed by atoms with van der Waals surface area (Å²) in [7, 11) is 0. The highest BCUT2D eigenvalue weighted by Crippen LogP contribution is 2.30. The lowest BCUT2D eigenvalue weighted by molar-refractivity contribution is -0.117. The maximum atomic E-state index is 12.1. The Morgan fingerprint density at radius 2 is 1.78 bits per heavy atom. The van der Waals surface area contributed by atoms with Crippen LogP contribution in [-0.4, -0.2) is 29.6 Å². The lowest BCUT2D eigenvalue weighted by atomic mass is 9.96. The number of aliphatic hydroxyl groups is 1. The van der Waals surface area contributed by atoms with E-state index in [9.17, 15) is 14.7 Å². The number of aliphatic hydroxyl groups excluding tert-OH is 1. The van der Waals surface area contributed by atoms with Crippen LogP contribution in [0.15, 0.2) is 24.3 Å². The van der Waals surface area contributed by atoms with Crippen molar-refractivity contribution in [1.29, 1.82) is 0 Å². The van der Waals surface area contributed by atoms with Crippen LogP contribution >= 0.6 is 0 Å². The van der Waals surface area contributed by atoms with Crippen LogP contribution in [0, 0.1) is 11.8 Å². The van der Waals surface area contributed by atoms with Crippen molar-refractivity contribution in [3.05, 3.63) is 29.8 Å². The van der Waals surface area contributed by atoms with Crippen LogP contribution in [0.3, 0.4) is 0 Å². The van der Waals surface area contributed by atoms with Gasteiger partial charge in [-0.2, -0.15) is 0 Å². The molecule has 23 heavy (non-hydrogen) atoms. The van der Waals surface area contributed by atoms with Crippen LogP contribution < -0.4 is 10.6 Å². The Hall–Kier alpha value is -1.88. The van der Waals surface area contributed by atoms with Crippen molar-refractivity contribution in [3.8, 4) is 0 Å². The molecule has 5 nitrogen and oxygen atoms in total. The predicted octanol–water partition coefficient (Wildman–Crippen LogP) is 2.56. The second-order valence-electron chi connectivity index (χ2n) is 6.19. The SMILES string of the molecule is CCC(CC)C(O)CNC(=O)c1ccc(NC(=O)C2CC2)cc1. The van der Waals surface area contributed by atoms with Gasteiger partial charge in [0, 0.05) is 23.7 Å². The molecular weight excluding hydrogens is 292 g/mol. The van der Waals surface area contributed by atoms with E-state index < -0.39 is 6.10 Å². The fourth-order valence-electron chi connectivity index (χ4n) is 2.59. The first kappa shape index (κ1) is 17.5. The Morgan fingerprint density at radius 1 is 1.17 bits per heavy atom. The van der Waals surface area contributed by atoms with Gasteiger partial charge in [-0.25, -0.2) is 0 Å². The number of hydrogen-bond acceptors (Lipinski definition) is 3. The molecule has 5 heteroatoms. The summed E-state index contributed by atoms with van der Waals surface area (Å²) in [6.07, 6.45) is 3.19. The van der Waals surface area contributed by atoms with Crippen molar-refractivity contribution in [2.45, 2.75) is 45.6 Å². The van der Waals surface area contributed by atoms with E-state index in [1.807, 2.05) is 13.8 Å². The zero-order valence-electron chi connectivity index (χ0n) is 13.8. The van der Waals surface area contributed by atoms with E-state index >= 15 is 0 Å². The smallest absolute Gasteiger partial charge is 0.251 e. The zero-order chi connectivity index (χ0) is 16.8. The minimum atomic E-state index is -0.522. The van der Waals surface area contributed by atoms with E-state index in [0.717, 1.165) is 25.7 Å². The summed E-state index contributed by atoms with van der Waals surface area (Å²) in [4.78, 5) is 23.8. The van der Waals surface area contributed by atoms with Gasteiger partial charge in [-0.15, -0.1) is 0 Å². The fourth-order valence-corrected chi connectivity index (χ4v) is 2.59. The quantitative estimate of drug-likeness (QED) is 0.689. The zero-order valence-corrected chi connectivity index (χ0v) is 13.8. The van der Waals surface area contributed by atoms with Gasteiger partial charge in [-0.1, -0.05) is 26.7 Å². The Morgan fingerprint density at radius 3 is 2.30 bits per heavy atom. The highest BCUT2D eigenvalue weighted by atomic mass is 16.3. The Kier molecular flexibility index (Phi) is 6.16. The number of amides is 2. The molecule has 1 aliphatic carbocycles. The van der Waals surface area contributed by atoms with E-state index in [2.05, 4.69) is 10.6 Å². The molecule has 1 aromatic rings. The number of nitrogens with one attached hydrogen (secondary N) is 2. The number of rotatable bonds is 8. The summed E-state index contributed by atoms with van der Waals surface area (Å²) in [6.45, 7) is 4.33. The summed E-state index contributed by atoms with van der Waals surface area (Å²) in [6, 6.07) is 6.82. The van der Waals surface area contributed by atoms with Crippen molar-refractivity contribution in [1.82, 2.24) is 5.32 Å². The van der Waals surface area contributed by atoms with E-state index in [4.69, 9.17) is 0 Å². The largest absolute Gasteiger partial charge is 0.391 e. The Bertz CT molecular complexity index is 534. The van der Waals surface area contributed by atoms with E-state index in [1.54, 1.807) is 24.3 Å². The van der Waals surface area contributed by atoms with Crippen LogP contribution in [-0.2, 0) is 4.79 Å². The van der Waals surface area contributed by atoms with E-state index in [-0.39, 0.29) is 30.2 Å². The first-order valence-corrected chi connectivity index (χ1v) is 8.42. The van der Waals surface area contributed by atoms with Crippen molar-refractivity contribution >= 4 is 17.5 Å². The molecule has 1 saturated carbocycles. The second kappa shape index (κ2) is 8.11. The van der Waals surface area contributed by atoms with Crippen LogP contribution in [0.2, 0.25) is 0 Å². The third-order valence-electron chi connectivity index (χ3n) is 4.43. The molecule has 1 aliphatic rings. The fraction of sp³-hybridized carbons (Fsp3) is 0.556. The Balaban J connectivity index is 1.83. The van der Waals surface area contributed by atoms with Crippen molar-refractivity contribution < 1.29 is 14.7 Å². The monoisotopic (exact) mass is 318 g/mol. The number of hydrogen-bond donors (Lipinski definition) is 3. The van der Waals surface area contributed by atoms with Gasteiger partial charge >= 0.3 is 0 Å². The Labute approximate surface area is 137 Å². The predicted molar refractivity (Wildman–Crippen MR) is 90.2 cm³/mol. The summed E-state index contributed by atoms with van der Waals surface area (Å²) in [5.41, 5.74) is 1.22. The molecule has 1 fully saturated rings. The number of carbonyl (C=O) groups is 2. The van der Waals surface area contributed by atoms with E-state index in [1.165, 1.54) is 0 Å². The molecule has 2 amide bonds. The normalized spacial score (nSPS) is 15.3. The lowest BCUT2D eigenvalue weighted by Gasteiger charge is -2.20. The third-order valence-corrected chi connectivity index (χ3v) is 4.43. The molecule has 2 rings (SSSR count). The maximum Gasteiger partial charge on any atom is 0.251 e. The molecule has 1 unspecified atom stereocenters.